The Labute approximate surface area is 84.9 Å². The lowest BCUT2D eigenvalue weighted by molar-refractivity contribution is 0.219. The summed E-state index contributed by atoms with van der Waals surface area (Å²) in [6, 6.07) is 0.148. The lowest BCUT2D eigenvalue weighted by Gasteiger charge is -2.30. The number of nitrogens with zero attached hydrogens (tertiary/aromatic N) is 2. The number of rotatable bonds is 2. The smallest absolute Gasteiger partial charge is 0.312 e. The molecule has 1 unspecified atom stereocenters. The summed E-state index contributed by atoms with van der Waals surface area (Å²) in [5, 5.41) is 7.66. The number of aromatic nitrogens is 2. The van der Waals surface area contributed by atoms with Gasteiger partial charge in [-0.2, -0.15) is 0 Å². The fraction of sp³-hybridized carbons (Fsp3) is 0.800. The molecule has 0 saturated heterocycles. The SMILES string of the molecule is CC(C)C(c1nnc(N)o1)C(C)(C)C. The summed E-state index contributed by atoms with van der Waals surface area (Å²) in [6.07, 6.45) is 0. The van der Waals surface area contributed by atoms with Crippen molar-refractivity contribution < 1.29 is 4.42 Å². The Morgan fingerprint density at radius 1 is 1.21 bits per heavy atom. The average Bonchev–Trinajstić information content (AvgIpc) is 2.31. The van der Waals surface area contributed by atoms with Crippen molar-refractivity contribution in [3.05, 3.63) is 5.89 Å². The van der Waals surface area contributed by atoms with E-state index in [1.165, 1.54) is 0 Å². The third kappa shape index (κ3) is 2.25. The Morgan fingerprint density at radius 3 is 2.07 bits per heavy atom. The van der Waals surface area contributed by atoms with Crippen molar-refractivity contribution in [3.63, 3.8) is 0 Å². The van der Waals surface area contributed by atoms with Crippen LogP contribution in [-0.4, -0.2) is 10.2 Å². The van der Waals surface area contributed by atoms with E-state index in [9.17, 15) is 0 Å². The molecule has 0 bridgehead atoms. The monoisotopic (exact) mass is 197 g/mol. The molecule has 0 aliphatic heterocycles. The quantitative estimate of drug-likeness (QED) is 0.790. The van der Waals surface area contributed by atoms with Gasteiger partial charge in [0.1, 0.15) is 0 Å². The van der Waals surface area contributed by atoms with Crippen molar-refractivity contribution in [2.45, 2.75) is 40.5 Å². The van der Waals surface area contributed by atoms with Crippen LogP contribution >= 0.6 is 0 Å². The van der Waals surface area contributed by atoms with Crippen LogP contribution in [0.15, 0.2) is 4.42 Å². The van der Waals surface area contributed by atoms with Crippen molar-refractivity contribution in [2.75, 3.05) is 5.73 Å². The van der Waals surface area contributed by atoms with Crippen LogP contribution in [0.2, 0.25) is 0 Å². The van der Waals surface area contributed by atoms with Gasteiger partial charge in [-0.15, -0.1) is 5.10 Å². The van der Waals surface area contributed by atoms with Crippen LogP contribution in [0.4, 0.5) is 6.01 Å². The molecule has 1 rings (SSSR count). The largest absolute Gasteiger partial charge is 0.408 e. The second kappa shape index (κ2) is 3.59. The standard InChI is InChI=1S/C10H19N3O/c1-6(2)7(10(3,4)5)8-12-13-9(11)14-8/h6-7H,1-5H3,(H2,11,13). The highest BCUT2D eigenvalue weighted by Crippen LogP contribution is 2.39. The molecule has 14 heavy (non-hydrogen) atoms. The number of nitrogens with two attached hydrogens (primary N) is 1. The van der Waals surface area contributed by atoms with Gasteiger partial charge in [0.15, 0.2) is 0 Å². The van der Waals surface area contributed by atoms with Crippen LogP contribution in [0.5, 0.6) is 0 Å². The number of hydrogen-bond acceptors (Lipinski definition) is 4. The second-order valence-corrected chi connectivity index (χ2v) is 5.07. The molecule has 0 spiro atoms. The fourth-order valence-corrected chi connectivity index (χ4v) is 2.03. The minimum Gasteiger partial charge on any atom is -0.408 e. The van der Waals surface area contributed by atoms with Gasteiger partial charge in [0.05, 0.1) is 0 Å². The third-order valence-electron chi connectivity index (χ3n) is 2.32. The molecular weight excluding hydrogens is 178 g/mol. The summed E-state index contributed by atoms with van der Waals surface area (Å²) >= 11 is 0. The molecule has 0 aromatic carbocycles. The van der Waals surface area contributed by atoms with Crippen LogP contribution in [0.3, 0.4) is 0 Å². The van der Waals surface area contributed by atoms with E-state index in [0.29, 0.717) is 11.8 Å². The molecule has 4 heteroatoms. The Bertz CT molecular complexity index is 299. The molecule has 1 heterocycles. The summed E-state index contributed by atoms with van der Waals surface area (Å²) in [5.74, 6) is 1.34. The van der Waals surface area contributed by atoms with E-state index in [1.54, 1.807) is 0 Å². The number of nitrogen functional groups attached to an aromatic ring is 1. The second-order valence-electron chi connectivity index (χ2n) is 5.07. The van der Waals surface area contributed by atoms with Gasteiger partial charge >= 0.3 is 6.01 Å². The summed E-state index contributed by atoms with van der Waals surface area (Å²) in [4.78, 5) is 0. The van der Waals surface area contributed by atoms with E-state index >= 15 is 0 Å². The van der Waals surface area contributed by atoms with E-state index in [0.717, 1.165) is 0 Å². The minimum absolute atomic E-state index is 0.104. The van der Waals surface area contributed by atoms with Crippen LogP contribution in [0, 0.1) is 11.3 Å². The average molecular weight is 197 g/mol. The molecule has 80 valence electrons. The first-order chi connectivity index (χ1) is 6.32. The van der Waals surface area contributed by atoms with Gasteiger partial charge in [-0.25, -0.2) is 0 Å². The van der Waals surface area contributed by atoms with Gasteiger partial charge in [-0.3, -0.25) is 0 Å². The molecule has 0 aliphatic rings. The van der Waals surface area contributed by atoms with Crippen molar-refractivity contribution in [3.8, 4) is 0 Å². The van der Waals surface area contributed by atoms with Crippen molar-refractivity contribution >= 4 is 6.01 Å². The van der Waals surface area contributed by atoms with Gasteiger partial charge in [0, 0.05) is 5.92 Å². The molecular formula is C10H19N3O. The van der Waals surface area contributed by atoms with Crippen LogP contribution < -0.4 is 5.73 Å². The summed E-state index contributed by atoms with van der Waals surface area (Å²) in [7, 11) is 0. The van der Waals surface area contributed by atoms with Gasteiger partial charge in [-0.05, 0) is 11.3 Å². The maximum absolute atomic E-state index is 5.42. The molecule has 0 fully saturated rings. The topological polar surface area (TPSA) is 64.9 Å². The highest BCUT2D eigenvalue weighted by Gasteiger charge is 2.33. The zero-order chi connectivity index (χ0) is 10.9. The maximum atomic E-state index is 5.42. The zero-order valence-corrected chi connectivity index (χ0v) is 9.53. The molecule has 4 nitrogen and oxygen atoms in total. The van der Waals surface area contributed by atoms with Crippen molar-refractivity contribution in [1.29, 1.82) is 0 Å². The third-order valence-corrected chi connectivity index (χ3v) is 2.32. The first-order valence-corrected chi connectivity index (χ1v) is 4.91. The Morgan fingerprint density at radius 2 is 1.79 bits per heavy atom. The first kappa shape index (κ1) is 11.0. The lowest BCUT2D eigenvalue weighted by atomic mass is 9.74. The zero-order valence-electron chi connectivity index (χ0n) is 9.53. The molecule has 2 N–H and O–H groups in total. The van der Waals surface area contributed by atoms with E-state index < -0.39 is 0 Å². The molecule has 0 amide bonds. The predicted molar refractivity (Wildman–Crippen MR) is 55.7 cm³/mol. The van der Waals surface area contributed by atoms with Crippen molar-refractivity contribution in [1.82, 2.24) is 10.2 Å². The highest BCUT2D eigenvalue weighted by molar-refractivity contribution is 5.09. The van der Waals surface area contributed by atoms with Gasteiger partial charge in [0.25, 0.3) is 0 Å². The summed E-state index contributed by atoms with van der Waals surface area (Å²) in [6.45, 7) is 10.8. The number of hydrogen-bond donors (Lipinski definition) is 1. The first-order valence-electron chi connectivity index (χ1n) is 4.91. The maximum Gasteiger partial charge on any atom is 0.312 e. The van der Waals surface area contributed by atoms with Crippen LogP contribution in [0.1, 0.15) is 46.4 Å². The van der Waals surface area contributed by atoms with E-state index in [-0.39, 0.29) is 17.3 Å². The van der Waals surface area contributed by atoms with Gasteiger partial charge in [-0.1, -0.05) is 39.7 Å². The van der Waals surface area contributed by atoms with Crippen LogP contribution in [0.25, 0.3) is 0 Å². The van der Waals surface area contributed by atoms with Gasteiger partial charge in [0.2, 0.25) is 5.89 Å². The normalized spacial score (nSPS) is 14.7. The predicted octanol–water partition coefficient (Wildman–Crippen LogP) is 2.44. The molecule has 1 aromatic heterocycles. The minimum atomic E-state index is 0.104. The Hall–Kier alpha value is -1.06. The van der Waals surface area contributed by atoms with E-state index in [2.05, 4.69) is 44.8 Å². The van der Waals surface area contributed by atoms with Crippen molar-refractivity contribution in [2.24, 2.45) is 11.3 Å². The van der Waals surface area contributed by atoms with E-state index in [4.69, 9.17) is 10.2 Å². The molecule has 1 aromatic rings. The highest BCUT2D eigenvalue weighted by atomic mass is 16.4. The van der Waals surface area contributed by atoms with E-state index in [1.807, 2.05) is 0 Å². The summed E-state index contributed by atoms with van der Waals surface area (Å²) < 4.78 is 5.29. The Kier molecular flexibility index (Phi) is 2.83. The molecule has 0 saturated carbocycles. The summed E-state index contributed by atoms with van der Waals surface area (Å²) in [5.41, 5.74) is 5.52. The van der Waals surface area contributed by atoms with Gasteiger partial charge < -0.3 is 10.2 Å². The number of anilines is 1. The lowest BCUT2D eigenvalue weighted by Crippen LogP contribution is -2.23. The Balaban J connectivity index is 3.01. The van der Waals surface area contributed by atoms with Crippen LogP contribution in [-0.2, 0) is 0 Å². The molecule has 1 atom stereocenters. The molecule has 0 aliphatic carbocycles. The molecule has 0 radical (unpaired) electrons. The fourth-order valence-electron chi connectivity index (χ4n) is 2.03.